The molecular weight excluding hydrogens is 372 g/mol. The summed E-state index contributed by atoms with van der Waals surface area (Å²) in [7, 11) is 0. The average Bonchev–Trinajstić information content (AvgIpc) is 2.73. The van der Waals surface area contributed by atoms with Gasteiger partial charge in [0.2, 0.25) is 5.91 Å². The number of nitrogens with one attached hydrogen (secondary N) is 3. The van der Waals surface area contributed by atoms with Crippen molar-refractivity contribution in [1.29, 1.82) is 0 Å². The fraction of sp³-hybridized carbons (Fsp3) is 0.0476. The average molecular weight is 390 g/mol. The van der Waals surface area contributed by atoms with Crippen LogP contribution in [0.1, 0.15) is 10.4 Å². The van der Waals surface area contributed by atoms with Crippen molar-refractivity contribution < 1.29 is 14.5 Å². The summed E-state index contributed by atoms with van der Waals surface area (Å²) in [5.41, 5.74) is 1.97. The zero-order valence-electron chi connectivity index (χ0n) is 15.3. The van der Waals surface area contributed by atoms with Crippen molar-refractivity contribution in [1.82, 2.24) is 0 Å². The van der Waals surface area contributed by atoms with Gasteiger partial charge in [-0.1, -0.05) is 30.3 Å². The summed E-state index contributed by atoms with van der Waals surface area (Å²) in [6, 6.07) is 21.5. The van der Waals surface area contributed by atoms with Gasteiger partial charge in [0, 0.05) is 29.2 Å². The molecule has 8 heteroatoms. The van der Waals surface area contributed by atoms with Crippen LogP contribution in [-0.2, 0) is 4.79 Å². The quantitative estimate of drug-likeness (QED) is 0.418. The van der Waals surface area contributed by atoms with Crippen LogP contribution in [0.15, 0.2) is 78.9 Å². The van der Waals surface area contributed by atoms with Crippen molar-refractivity contribution in [3.05, 3.63) is 94.5 Å². The minimum absolute atomic E-state index is 0.0560. The maximum absolute atomic E-state index is 12.6. The zero-order chi connectivity index (χ0) is 20.6. The monoisotopic (exact) mass is 390 g/mol. The van der Waals surface area contributed by atoms with Crippen molar-refractivity contribution in [3.63, 3.8) is 0 Å². The second-order valence-corrected chi connectivity index (χ2v) is 6.07. The van der Waals surface area contributed by atoms with Gasteiger partial charge < -0.3 is 16.0 Å². The lowest BCUT2D eigenvalue weighted by molar-refractivity contribution is -0.384. The number of amides is 2. The van der Waals surface area contributed by atoms with Crippen LogP contribution in [0.2, 0.25) is 0 Å². The van der Waals surface area contributed by atoms with Gasteiger partial charge in [0.1, 0.15) is 0 Å². The Balaban J connectivity index is 1.61. The molecule has 0 aliphatic rings. The van der Waals surface area contributed by atoms with Crippen LogP contribution >= 0.6 is 0 Å². The number of nitro groups is 1. The highest BCUT2D eigenvalue weighted by Crippen LogP contribution is 2.18. The highest BCUT2D eigenvalue weighted by Gasteiger charge is 2.12. The van der Waals surface area contributed by atoms with Crippen LogP contribution in [0, 0.1) is 10.1 Å². The van der Waals surface area contributed by atoms with Gasteiger partial charge in [-0.15, -0.1) is 0 Å². The van der Waals surface area contributed by atoms with Crippen LogP contribution in [0.25, 0.3) is 0 Å². The van der Waals surface area contributed by atoms with E-state index >= 15 is 0 Å². The highest BCUT2D eigenvalue weighted by molar-refractivity contribution is 6.08. The molecule has 0 saturated carbocycles. The molecule has 0 saturated heterocycles. The number of carbonyl (C=O) groups is 2. The van der Waals surface area contributed by atoms with E-state index in [1.165, 1.54) is 24.3 Å². The molecule has 0 radical (unpaired) electrons. The molecule has 3 aromatic rings. The smallest absolute Gasteiger partial charge is 0.269 e. The van der Waals surface area contributed by atoms with Crippen molar-refractivity contribution >= 4 is 34.6 Å². The Morgan fingerprint density at radius 1 is 0.793 bits per heavy atom. The van der Waals surface area contributed by atoms with E-state index in [0.29, 0.717) is 22.6 Å². The summed E-state index contributed by atoms with van der Waals surface area (Å²) in [6.45, 7) is -0.0768. The molecule has 0 aliphatic heterocycles. The molecule has 3 N–H and O–H groups in total. The van der Waals surface area contributed by atoms with Crippen molar-refractivity contribution in [2.75, 3.05) is 22.5 Å². The van der Waals surface area contributed by atoms with E-state index in [1.807, 2.05) is 18.2 Å². The van der Waals surface area contributed by atoms with Gasteiger partial charge in [0.15, 0.2) is 0 Å². The minimum atomic E-state index is -0.509. The summed E-state index contributed by atoms with van der Waals surface area (Å²) >= 11 is 0. The van der Waals surface area contributed by atoms with Gasteiger partial charge >= 0.3 is 0 Å². The Morgan fingerprint density at radius 2 is 1.41 bits per heavy atom. The van der Waals surface area contributed by atoms with Crippen LogP contribution in [0.3, 0.4) is 0 Å². The lowest BCUT2D eigenvalue weighted by Gasteiger charge is -2.12. The first-order chi connectivity index (χ1) is 14.0. The van der Waals surface area contributed by atoms with E-state index < -0.39 is 4.92 Å². The number of hydrogen-bond acceptors (Lipinski definition) is 5. The van der Waals surface area contributed by atoms with Crippen LogP contribution in [0.4, 0.5) is 22.7 Å². The van der Waals surface area contributed by atoms with Gasteiger partial charge in [-0.05, 0) is 36.4 Å². The van der Waals surface area contributed by atoms with E-state index in [1.54, 1.807) is 36.4 Å². The summed E-state index contributed by atoms with van der Waals surface area (Å²) in [5.74, 6) is -0.646. The second kappa shape index (κ2) is 9.14. The molecule has 0 spiro atoms. The molecule has 0 aromatic heterocycles. The number of nitro benzene ring substituents is 1. The van der Waals surface area contributed by atoms with Gasteiger partial charge in [-0.2, -0.15) is 0 Å². The fourth-order valence-electron chi connectivity index (χ4n) is 2.60. The van der Waals surface area contributed by atoms with Crippen molar-refractivity contribution in [3.8, 4) is 0 Å². The van der Waals surface area contributed by atoms with Crippen LogP contribution in [0.5, 0.6) is 0 Å². The molecule has 0 aliphatic carbocycles. The van der Waals surface area contributed by atoms with Crippen LogP contribution in [-0.4, -0.2) is 23.3 Å². The third kappa shape index (κ3) is 5.39. The maximum Gasteiger partial charge on any atom is 0.269 e. The molecule has 0 bridgehead atoms. The molecule has 146 valence electrons. The predicted octanol–water partition coefficient (Wildman–Crippen LogP) is 3.90. The number of anilines is 3. The maximum atomic E-state index is 12.6. The molecule has 2 amide bonds. The highest BCUT2D eigenvalue weighted by atomic mass is 16.6. The number of nitrogens with zero attached hydrogens (tertiary/aromatic N) is 1. The summed E-state index contributed by atoms with van der Waals surface area (Å²) in [6.07, 6.45) is 0. The number of rotatable bonds is 7. The molecule has 0 atom stereocenters. The normalized spacial score (nSPS) is 10.1. The zero-order valence-corrected chi connectivity index (χ0v) is 15.3. The van der Waals surface area contributed by atoms with Crippen molar-refractivity contribution in [2.24, 2.45) is 0 Å². The first-order valence-corrected chi connectivity index (χ1v) is 8.76. The van der Waals surface area contributed by atoms with Gasteiger partial charge in [0.25, 0.3) is 11.6 Å². The van der Waals surface area contributed by atoms with E-state index in [-0.39, 0.29) is 24.0 Å². The van der Waals surface area contributed by atoms with E-state index in [0.717, 1.165) is 0 Å². The van der Waals surface area contributed by atoms with Gasteiger partial charge in [0.05, 0.1) is 17.0 Å². The van der Waals surface area contributed by atoms with E-state index in [9.17, 15) is 19.7 Å². The van der Waals surface area contributed by atoms with Crippen molar-refractivity contribution in [2.45, 2.75) is 0 Å². The first-order valence-electron chi connectivity index (χ1n) is 8.76. The SMILES string of the molecule is O=C(CNc1ccccc1C(=O)Nc1ccccc1)Nc1ccc([N+](=O)[O-])cc1. The number of hydrogen-bond donors (Lipinski definition) is 3. The van der Waals surface area contributed by atoms with E-state index in [2.05, 4.69) is 16.0 Å². The largest absolute Gasteiger partial charge is 0.376 e. The summed E-state index contributed by atoms with van der Waals surface area (Å²) < 4.78 is 0. The Kier molecular flexibility index (Phi) is 6.16. The molecule has 3 aromatic carbocycles. The Bertz CT molecular complexity index is 1020. The Labute approximate surface area is 166 Å². The number of non-ortho nitro benzene ring substituents is 1. The van der Waals surface area contributed by atoms with Gasteiger partial charge in [-0.25, -0.2) is 0 Å². The first kappa shape index (κ1) is 19.6. The number of para-hydroxylation sites is 2. The minimum Gasteiger partial charge on any atom is -0.376 e. The summed E-state index contributed by atoms with van der Waals surface area (Å²) in [5, 5.41) is 19.1. The number of carbonyl (C=O) groups excluding carboxylic acids is 2. The fourth-order valence-corrected chi connectivity index (χ4v) is 2.60. The number of benzene rings is 3. The third-order valence-corrected chi connectivity index (χ3v) is 4.00. The van der Waals surface area contributed by atoms with Gasteiger partial charge in [-0.3, -0.25) is 19.7 Å². The third-order valence-electron chi connectivity index (χ3n) is 4.00. The molecular formula is C21H18N4O4. The summed E-state index contributed by atoms with van der Waals surface area (Å²) in [4.78, 5) is 34.9. The molecule has 3 rings (SSSR count). The topological polar surface area (TPSA) is 113 Å². The second-order valence-electron chi connectivity index (χ2n) is 6.07. The van der Waals surface area contributed by atoms with E-state index in [4.69, 9.17) is 0 Å². The molecule has 8 nitrogen and oxygen atoms in total. The lowest BCUT2D eigenvalue weighted by Crippen LogP contribution is -2.23. The molecule has 0 fully saturated rings. The molecule has 0 heterocycles. The molecule has 0 unspecified atom stereocenters. The predicted molar refractivity (Wildman–Crippen MR) is 111 cm³/mol. The van der Waals surface area contributed by atoms with Crippen LogP contribution < -0.4 is 16.0 Å². The Morgan fingerprint density at radius 3 is 2.10 bits per heavy atom. The lowest BCUT2D eigenvalue weighted by atomic mass is 10.1. The Hall–Kier alpha value is -4.20. The standard InChI is InChI=1S/C21H18N4O4/c26-20(23-16-10-12-17(13-11-16)25(28)29)14-22-19-9-5-4-8-18(19)21(27)24-15-6-2-1-3-7-15/h1-13,22H,14H2,(H,23,26)(H,24,27). The molecule has 29 heavy (non-hydrogen) atoms.